The number of benzene rings is 4. The molecule has 2 radical (unpaired) electrons. The summed E-state index contributed by atoms with van der Waals surface area (Å²) in [6.45, 7) is 0.700. The van der Waals surface area contributed by atoms with E-state index in [1.165, 1.54) is 65.0 Å². The molecule has 29 heteroatoms. The number of carboxylic acids is 1. The van der Waals surface area contributed by atoms with Crippen LogP contribution < -0.4 is 9.86 Å². The number of nitrogens with two attached hydrogens (primary N) is 1. The Morgan fingerprint density at radius 2 is 1.01 bits per heavy atom. The molecule has 2 saturated carbocycles. The van der Waals surface area contributed by atoms with Gasteiger partial charge in [0.2, 0.25) is 0 Å². The average Bonchev–Trinajstić information content (AvgIpc) is 1.59. The van der Waals surface area contributed by atoms with Crippen molar-refractivity contribution in [1.29, 1.82) is 1.34 Å². The third kappa shape index (κ3) is 16.6. The minimum Gasteiger partial charge on any atom is -0.478 e. The van der Waals surface area contributed by atoms with Crippen LogP contribution in [0.2, 0.25) is 0 Å². The number of carbonyl (C=O) groups excluding carboxylic acids is 1. The van der Waals surface area contributed by atoms with Gasteiger partial charge in [-0.3, -0.25) is 4.79 Å². The van der Waals surface area contributed by atoms with Gasteiger partial charge in [-0.15, -0.1) is 0 Å². The Morgan fingerprint density at radius 1 is 0.626 bits per heavy atom. The van der Waals surface area contributed by atoms with Crippen molar-refractivity contribution in [3.05, 3.63) is 142 Å². The number of sulfone groups is 2. The summed E-state index contributed by atoms with van der Waals surface area (Å²) < 4.78 is 117. The van der Waals surface area contributed by atoms with Gasteiger partial charge in [0.05, 0.1) is 30.0 Å². The van der Waals surface area contributed by atoms with Crippen molar-refractivity contribution in [3.63, 3.8) is 0 Å². The first-order valence-electron chi connectivity index (χ1n) is 28.8. The second-order valence-corrected chi connectivity index (χ2v) is 30.8. The molecule has 12 rings (SSSR count). The SMILES string of the molecule is C.C.CN(C)S(=O)(=O)NC(=O)c1ccc2c(C3CCCCC3)c3n(c2c1)CC(c1nc(CS(C)(=O)=O)no1)=Cc1ccccc1-3.CN(C)S(N)(=O)=O.CS(=O)(=O)Cc1noc(C2=Cc3ccccc3-c3c(C4CCCCC4)c4ccc(C(=O)O)cc4n3C2)n1.[2H][B].[U]. The quantitative estimate of drug-likeness (QED) is 0.0905. The minimum absolute atomic E-state index is 0. The van der Waals surface area contributed by atoms with Gasteiger partial charge in [0.1, 0.15) is 11.5 Å². The first kappa shape index (κ1) is 71.9. The second-order valence-electron chi connectivity index (χ2n) is 22.9. The second kappa shape index (κ2) is 29.6. The number of nitrogens with one attached hydrogen (secondary N) is 1. The van der Waals surface area contributed by atoms with Crippen molar-refractivity contribution < 1.29 is 88.5 Å². The van der Waals surface area contributed by atoms with Crippen molar-refractivity contribution in [1.82, 2.24) is 42.7 Å². The molecule has 2 fully saturated rings. The Hall–Kier alpha value is -6.54. The predicted octanol–water partition coefficient (Wildman–Crippen LogP) is 9.29. The Kier molecular flexibility index (Phi) is 23.4. The first-order chi connectivity index (χ1) is 42.1. The molecule has 4 aromatic heterocycles. The number of allylic oxidation sites excluding steroid dienone is 2. The summed E-state index contributed by atoms with van der Waals surface area (Å²) in [6, 6.07) is 26.9. The summed E-state index contributed by atoms with van der Waals surface area (Å²) in [4.78, 5) is 33.8. The molecule has 2 aliphatic carbocycles. The molecule has 8 aromatic rings. The maximum atomic E-state index is 13.1. The number of aromatic carboxylic acids is 1. The van der Waals surface area contributed by atoms with Crippen molar-refractivity contribution in [2.24, 2.45) is 5.14 Å². The van der Waals surface area contributed by atoms with E-state index in [-0.39, 0.29) is 92.0 Å². The molecule has 0 spiro atoms. The van der Waals surface area contributed by atoms with Crippen LogP contribution in [0.3, 0.4) is 0 Å². The number of aromatic nitrogens is 6. The zero-order valence-corrected chi connectivity index (χ0v) is 57.4. The Bertz CT molecular complexity index is 4550. The third-order valence-electron chi connectivity index (χ3n) is 16.0. The third-order valence-corrected chi connectivity index (χ3v) is 20.0. The minimum atomic E-state index is -3.98. The smallest absolute Gasteiger partial charge is 0.335 e. The maximum absolute atomic E-state index is 13.1. The van der Waals surface area contributed by atoms with Gasteiger partial charge >= 0.3 is 16.2 Å². The predicted molar refractivity (Wildman–Crippen MR) is 352 cm³/mol. The normalized spacial score (nSPS) is 15.2. The molecule has 6 heterocycles. The van der Waals surface area contributed by atoms with Gasteiger partial charge in [0.15, 0.2) is 31.3 Å². The van der Waals surface area contributed by atoms with E-state index >= 15 is 0 Å². The van der Waals surface area contributed by atoms with Gasteiger partial charge in [0.25, 0.3) is 27.9 Å². The van der Waals surface area contributed by atoms with Crippen molar-refractivity contribution in [2.75, 3.05) is 40.7 Å². The van der Waals surface area contributed by atoms with Gasteiger partial charge in [-0.1, -0.05) is 124 Å². The van der Waals surface area contributed by atoms with Gasteiger partial charge in [-0.25, -0.2) is 31.5 Å². The molecule has 91 heavy (non-hydrogen) atoms. The van der Waals surface area contributed by atoms with Crippen LogP contribution in [-0.4, -0.2) is 139 Å². The van der Waals surface area contributed by atoms with E-state index in [1.807, 2.05) is 60.7 Å². The van der Waals surface area contributed by atoms with Crippen LogP contribution in [0, 0.1) is 31.1 Å². The number of amides is 1. The summed E-state index contributed by atoms with van der Waals surface area (Å²) in [5, 5.41) is 24.2. The van der Waals surface area contributed by atoms with Crippen molar-refractivity contribution >= 4 is 105 Å². The number of hydrogen-bond acceptors (Lipinski definition) is 16. The fraction of sp³-hybridized carbons (Fsp3) is 0.387. The van der Waals surface area contributed by atoms with Crippen LogP contribution in [0.25, 0.3) is 67.6 Å². The number of fused-ring (bicyclic) bond motifs is 10. The number of carbonyl (C=O) groups is 2. The average molecular weight is 1550 g/mol. The van der Waals surface area contributed by atoms with Gasteiger partial charge < -0.3 is 23.3 Å². The van der Waals surface area contributed by atoms with Gasteiger partial charge in [0, 0.05) is 130 Å². The summed E-state index contributed by atoms with van der Waals surface area (Å²) >= 11 is 0. The summed E-state index contributed by atoms with van der Waals surface area (Å²) in [5.41, 5.74) is 12.2. The van der Waals surface area contributed by atoms with Crippen LogP contribution >= 0.6 is 0 Å². The fourth-order valence-corrected chi connectivity index (χ4v) is 13.6. The van der Waals surface area contributed by atoms with E-state index in [2.05, 4.69) is 59.8 Å². The zero-order chi connectivity index (χ0) is 64.3. The van der Waals surface area contributed by atoms with Crippen molar-refractivity contribution in [3.8, 4) is 22.5 Å². The van der Waals surface area contributed by atoms with Crippen LogP contribution in [-0.2, 0) is 64.7 Å². The molecule has 0 atom stereocenters. The standard InChI is InChI=1S/C30H33N5O6S2.C28H27N3O5S.C2H8N2O2S.2CH4.BH.U/c1-34(2)43(39,40)33-29(36)21-13-14-24-25(16-21)35-17-22(30-31-26(32-41-30)18-42(3,37)38)15-20-11-7-8-12-23(20)28(35)27(24)19-9-5-4-6-10-19;1-37(34,35)16-24-29-27(36-30-24)20-13-18-9-5-6-10-21(18)26-25(17-7-3-2-4-8-17)22-12-11-19(28(32)33)14-23(22)31(26)15-20;1-4(2)7(3,5)6;;;;/h7-8,11-16,19H,4-6,9-10,17-18H2,1-3H3,(H,33,36);5-6,9-14,17H,2-4,7-8,15-16H2,1H3,(H,32,33);1-2H3,(H2,3,5,6);2*1H4;1H;/i;;;;;1D;. The summed E-state index contributed by atoms with van der Waals surface area (Å²) in [6.07, 6.45) is 17.6. The van der Waals surface area contributed by atoms with Crippen LogP contribution in [0.15, 0.2) is 94.0 Å². The van der Waals surface area contributed by atoms with Crippen LogP contribution in [0.5, 0.6) is 0 Å². The molecule has 4 N–H and O–H groups in total. The molecule has 0 saturated heterocycles. The van der Waals surface area contributed by atoms with Crippen molar-refractivity contribution in [2.45, 2.75) is 115 Å². The number of carboxylic acid groups (broad SMARTS) is 1. The topological polar surface area (TPSA) is 323 Å². The molecular weight excluding hydrogens is 1470 g/mol. The van der Waals surface area contributed by atoms with E-state index < -0.39 is 52.0 Å². The van der Waals surface area contributed by atoms with E-state index in [4.69, 9.17) is 10.4 Å². The van der Waals surface area contributed by atoms with Gasteiger partial charge in [-0.2, -0.15) is 35.4 Å². The summed E-state index contributed by atoms with van der Waals surface area (Å²) in [7, 11) is -4.87. The first-order valence-corrected chi connectivity index (χ1v) is 35.3. The van der Waals surface area contributed by atoms with Crippen LogP contribution in [0.4, 0.5) is 0 Å². The van der Waals surface area contributed by atoms with E-state index in [0.29, 0.717) is 30.5 Å². The molecule has 23 nitrogen and oxygen atoms in total. The molecule has 0 unspecified atom stereocenters. The summed E-state index contributed by atoms with van der Waals surface area (Å²) in [5.74, 6) is -0.944. The molecule has 1 amide bonds. The van der Waals surface area contributed by atoms with E-state index in [1.54, 1.807) is 24.3 Å². The fourth-order valence-electron chi connectivity index (χ4n) is 11.9. The molecule has 484 valence electrons. The number of rotatable bonds is 13. The Labute approximate surface area is 559 Å². The molecule has 0 bridgehead atoms. The molecular formula is C62H77BN10O13S4U. The molecule has 4 aliphatic rings. The van der Waals surface area contributed by atoms with E-state index in [0.717, 1.165) is 121 Å². The molecule has 2 aliphatic heterocycles. The number of hydrogen-bond donors (Lipinski definition) is 3. The Balaban J connectivity index is 0.000000253. The maximum Gasteiger partial charge on any atom is 0.335 e. The van der Waals surface area contributed by atoms with Crippen LogP contribution in [0.1, 0.15) is 157 Å². The van der Waals surface area contributed by atoms with Gasteiger partial charge in [-0.05, 0) is 97.5 Å². The van der Waals surface area contributed by atoms with E-state index in [9.17, 15) is 48.4 Å². The Morgan fingerprint density at radius 3 is 1.38 bits per heavy atom. The monoisotopic (exact) mass is 1550 g/mol. The largest absolute Gasteiger partial charge is 0.478 e. The zero-order valence-electron chi connectivity index (χ0n) is 51.0. The molecule has 4 aromatic carbocycles. The number of nitrogens with zero attached hydrogens (tertiary/aromatic N) is 8.